The third-order valence-corrected chi connectivity index (χ3v) is 5.17. The van der Waals surface area contributed by atoms with Gasteiger partial charge in [0.25, 0.3) is 15.9 Å². The van der Waals surface area contributed by atoms with Crippen LogP contribution in [0.4, 0.5) is 0 Å². The lowest BCUT2D eigenvalue weighted by atomic mass is 10.2. The summed E-state index contributed by atoms with van der Waals surface area (Å²) in [6.45, 7) is 1.78. The monoisotopic (exact) mass is 312 g/mol. The van der Waals surface area contributed by atoms with Crippen molar-refractivity contribution in [2.75, 3.05) is 0 Å². The Morgan fingerprint density at radius 3 is 2.50 bits per heavy atom. The van der Waals surface area contributed by atoms with E-state index in [9.17, 15) is 18.3 Å². The van der Waals surface area contributed by atoms with Crippen molar-refractivity contribution in [2.24, 2.45) is 0 Å². The van der Waals surface area contributed by atoms with E-state index in [2.05, 4.69) is 5.43 Å². The number of hydrazine groups is 1. The summed E-state index contributed by atoms with van der Waals surface area (Å²) < 4.78 is 23.9. The number of sulfonamides is 1. The summed E-state index contributed by atoms with van der Waals surface area (Å²) in [5, 5.41) is 9.49. The Morgan fingerprint density at radius 2 is 1.90 bits per heavy atom. The molecule has 0 aliphatic rings. The highest BCUT2D eigenvalue weighted by Crippen LogP contribution is 2.20. The van der Waals surface area contributed by atoms with Crippen molar-refractivity contribution in [1.82, 2.24) is 10.3 Å². The number of nitrogens with one attached hydrogen (secondary N) is 2. The number of hydrogen-bond acceptors (Lipinski definition) is 5. The van der Waals surface area contributed by atoms with E-state index in [4.69, 9.17) is 0 Å². The van der Waals surface area contributed by atoms with Crippen LogP contribution in [0, 0.1) is 6.92 Å². The molecule has 6 nitrogen and oxygen atoms in total. The first-order valence-corrected chi connectivity index (χ1v) is 7.87. The van der Waals surface area contributed by atoms with Gasteiger partial charge in [0, 0.05) is 4.88 Å². The fourth-order valence-corrected chi connectivity index (χ4v) is 3.58. The second kappa shape index (κ2) is 5.61. The van der Waals surface area contributed by atoms with Gasteiger partial charge in [-0.05, 0) is 31.2 Å². The SMILES string of the molecule is Cc1ccc(S(=O)(=O)NNC(=O)c2ccccc2O)s1. The standard InChI is InChI=1S/C12H12N2O4S2/c1-8-6-7-11(19-8)20(17,18)14-13-12(16)9-4-2-3-5-10(9)15/h2-7,14-15H,1H3,(H,13,16). The van der Waals surface area contributed by atoms with Gasteiger partial charge in [0.05, 0.1) is 5.56 Å². The van der Waals surface area contributed by atoms with Crippen molar-refractivity contribution < 1.29 is 18.3 Å². The normalized spacial score (nSPS) is 11.2. The molecule has 3 N–H and O–H groups in total. The second-order valence-electron chi connectivity index (χ2n) is 3.94. The zero-order valence-corrected chi connectivity index (χ0v) is 12.1. The second-order valence-corrected chi connectivity index (χ2v) is 7.14. The topological polar surface area (TPSA) is 95.5 Å². The molecule has 0 spiro atoms. The summed E-state index contributed by atoms with van der Waals surface area (Å²) >= 11 is 1.09. The molecule has 0 fully saturated rings. The van der Waals surface area contributed by atoms with E-state index < -0.39 is 15.9 Å². The van der Waals surface area contributed by atoms with Gasteiger partial charge in [-0.25, -0.2) is 8.42 Å². The van der Waals surface area contributed by atoms with Crippen LogP contribution in [0.15, 0.2) is 40.6 Å². The third kappa shape index (κ3) is 3.16. The Balaban J connectivity index is 2.09. The zero-order chi connectivity index (χ0) is 14.8. The summed E-state index contributed by atoms with van der Waals surface area (Å²) in [5.41, 5.74) is 2.04. The molecule has 0 unspecified atom stereocenters. The maximum absolute atomic E-state index is 11.9. The van der Waals surface area contributed by atoms with Crippen molar-refractivity contribution in [1.29, 1.82) is 0 Å². The van der Waals surface area contributed by atoms with E-state index in [1.807, 2.05) is 4.83 Å². The molecule has 0 aliphatic heterocycles. The number of phenols is 1. The molecule has 20 heavy (non-hydrogen) atoms. The predicted octanol–water partition coefficient (Wildman–Crippen LogP) is 1.39. The number of thiophene rings is 1. The predicted molar refractivity (Wildman–Crippen MR) is 75.0 cm³/mol. The van der Waals surface area contributed by atoms with Gasteiger partial charge in [-0.2, -0.15) is 0 Å². The average Bonchev–Trinajstić information content (AvgIpc) is 2.84. The van der Waals surface area contributed by atoms with Crippen LogP contribution in [-0.4, -0.2) is 19.4 Å². The number of carbonyl (C=O) groups excluding carboxylic acids is 1. The smallest absolute Gasteiger partial charge is 0.269 e. The van der Waals surface area contributed by atoms with Gasteiger partial charge in [-0.3, -0.25) is 10.2 Å². The molecule has 0 saturated carbocycles. The number of hydrogen-bond donors (Lipinski definition) is 3. The quantitative estimate of drug-likeness (QED) is 0.743. The summed E-state index contributed by atoms with van der Waals surface area (Å²) in [4.78, 5) is 14.6. The van der Waals surface area contributed by atoms with Crippen LogP contribution in [0.5, 0.6) is 5.75 Å². The fourth-order valence-electron chi connectivity index (χ4n) is 1.45. The van der Waals surface area contributed by atoms with Gasteiger partial charge in [-0.1, -0.05) is 12.1 Å². The number of benzene rings is 1. The zero-order valence-electron chi connectivity index (χ0n) is 10.5. The molecule has 1 heterocycles. The Hall–Kier alpha value is -1.90. The van der Waals surface area contributed by atoms with Gasteiger partial charge in [-0.15, -0.1) is 16.2 Å². The third-order valence-electron chi connectivity index (χ3n) is 2.43. The van der Waals surface area contributed by atoms with Crippen molar-refractivity contribution >= 4 is 27.3 Å². The molecule has 0 saturated heterocycles. The summed E-state index contributed by atoms with van der Waals surface area (Å²) in [7, 11) is -3.80. The molecule has 106 valence electrons. The van der Waals surface area contributed by atoms with Crippen LogP contribution in [0.1, 0.15) is 15.2 Å². The summed E-state index contributed by atoms with van der Waals surface area (Å²) in [6.07, 6.45) is 0. The molecule has 1 aromatic heterocycles. The molecule has 1 aromatic carbocycles. The minimum atomic E-state index is -3.80. The minimum absolute atomic E-state index is 0.0161. The van der Waals surface area contributed by atoms with Crippen LogP contribution in [0.2, 0.25) is 0 Å². The number of carbonyl (C=O) groups is 1. The highest BCUT2D eigenvalue weighted by atomic mass is 32.2. The molecular weight excluding hydrogens is 300 g/mol. The first-order chi connectivity index (χ1) is 9.40. The lowest BCUT2D eigenvalue weighted by Gasteiger charge is -2.07. The lowest BCUT2D eigenvalue weighted by Crippen LogP contribution is -2.41. The molecule has 1 amide bonds. The van der Waals surface area contributed by atoms with Crippen LogP contribution in [0.3, 0.4) is 0 Å². The van der Waals surface area contributed by atoms with Crippen LogP contribution >= 0.6 is 11.3 Å². The molecular formula is C12H12N2O4S2. The highest BCUT2D eigenvalue weighted by Gasteiger charge is 2.18. The van der Waals surface area contributed by atoms with Crippen molar-refractivity contribution in [2.45, 2.75) is 11.1 Å². The number of rotatable bonds is 4. The van der Waals surface area contributed by atoms with Gasteiger partial charge < -0.3 is 5.11 Å². The number of aromatic hydroxyl groups is 1. The summed E-state index contributed by atoms with van der Waals surface area (Å²) in [5.74, 6) is -0.962. The van der Waals surface area contributed by atoms with E-state index in [1.165, 1.54) is 18.2 Å². The molecule has 2 aromatic rings. The van der Waals surface area contributed by atoms with Gasteiger partial charge in [0.2, 0.25) is 0 Å². The van der Waals surface area contributed by atoms with E-state index in [-0.39, 0.29) is 15.5 Å². The van der Waals surface area contributed by atoms with E-state index in [0.29, 0.717) is 0 Å². The number of para-hydroxylation sites is 1. The molecule has 0 aliphatic carbocycles. The van der Waals surface area contributed by atoms with Crippen molar-refractivity contribution in [3.63, 3.8) is 0 Å². The number of phenolic OH excluding ortho intramolecular Hbond substituents is 1. The molecule has 8 heteroatoms. The maximum atomic E-state index is 11.9. The molecule has 0 atom stereocenters. The molecule has 0 bridgehead atoms. The Bertz CT molecular complexity index is 737. The minimum Gasteiger partial charge on any atom is -0.507 e. The van der Waals surface area contributed by atoms with Crippen LogP contribution < -0.4 is 10.3 Å². The first-order valence-electron chi connectivity index (χ1n) is 5.57. The Morgan fingerprint density at radius 1 is 1.20 bits per heavy atom. The molecule has 0 radical (unpaired) electrons. The number of aryl methyl sites for hydroxylation is 1. The average molecular weight is 312 g/mol. The van der Waals surface area contributed by atoms with Crippen LogP contribution in [-0.2, 0) is 10.0 Å². The highest BCUT2D eigenvalue weighted by molar-refractivity contribution is 7.91. The van der Waals surface area contributed by atoms with Gasteiger partial charge in [0.1, 0.15) is 9.96 Å². The van der Waals surface area contributed by atoms with Crippen molar-refractivity contribution in [3.05, 3.63) is 46.8 Å². The van der Waals surface area contributed by atoms with Gasteiger partial charge in [0.15, 0.2) is 0 Å². The number of amides is 1. The largest absolute Gasteiger partial charge is 0.507 e. The molecule has 2 rings (SSSR count). The summed E-state index contributed by atoms with van der Waals surface area (Å²) in [6, 6.07) is 8.97. The Kier molecular flexibility index (Phi) is 4.07. The van der Waals surface area contributed by atoms with Crippen molar-refractivity contribution in [3.8, 4) is 5.75 Å². The fraction of sp³-hybridized carbons (Fsp3) is 0.0833. The van der Waals surface area contributed by atoms with E-state index >= 15 is 0 Å². The van der Waals surface area contributed by atoms with E-state index in [0.717, 1.165) is 16.2 Å². The maximum Gasteiger partial charge on any atom is 0.269 e. The Labute approximate surface area is 120 Å². The van der Waals surface area contributed by atoms with Crippen LogP contribution in [0.25, 0.3) is 0 Å². The van der Waals surface area contributed by atoms with E-state index in [1.54, 1.807) is 25.1 Å². The lowest BCUT2D eigenvalue weighted by molar-refractivity contribution is 0.0942. The van der Waals surface area contributed by atoms with Gasteiger partial charge >= 0.3 is 0 Å². The first kappa shape index (κ1) is 14.5.